The number of hydrogen-bond acceptors (Lipinski definition) is 4. The minimum Gasteiger partial charge on any atom is -0.281 e. The SMILES string of the molecule is O=C(c1ccc2cccnc2c1)N(O)c1c(Cl)cc(C(F)(C(F)(F)F)C(F)(F)F)cc1S(=O)C(F)(F)F. The van der Waals surface area contributed by atoms with Crippen LogP contribution in [0.3, 0.4) is 0 Å². The Morgan fingerprint density at radius 2 is 1.51 bits per heavy atom. The highest BCUT2D eigenvalue weighted by Gasteiger charge is 2.73. The molecule has 3 aromatic rings. The number of aromatic nitrogens is 1. The van der Waals surface area contributed by atoms with Crippen molar-refractivity contribution >= 4 is 44.9 Å². The molecule has 0 radical (unpaired) electrons. The summed E-state index contributed by atoms with van der Waals surface area (Å²) in [5.74, 6) is -1.58. The maximum atomic E-state index is 14.5. The third-order valence-electron chi connectivity index (χ3n) is 4.87. The van der Waals surface area contributed by atoms with Crippen molar-refractivity contribution in [2.75, 3.05) is 5.06 Å². The zero-order valence-electron chi connectivity index (χ0n) is 17.3. The third kappa shape index (κ3) is 5.09. The van der Waals surface area contributed by atoms with E-state index in [2.05, 4.69) is 4.98 Å². The minimum atomic E-state index is -6.75. The number of hydroxylamine groups is 1. The number of halogens is 11. The number of fused-ring (bicyclic) bond motifs is 1. The molecule has 0 aliphatic carbocycles. The first-order valence-corrected chi connectivity index (χ1v) is 10.9. The molecule has 0 fully saturated rings. The summed E-state index contributed by atoms with van der Waals surface area (Å²) in [5.41, 5.74) is -16.5. The lowest BCUT2D eigenvalue weighted by Crippen LogP contribution is -2.50. The van der Waals surface area contributed by atoms with Crippen LogP contribution in [0.2, 0.25) is 5.02 Å². The van der Waals surface area contributed by atoms with E-state index in [0.29, 0.717) is 5.39 Å². The molecule has 37 heavy (non-hydrogen) atoms. The van der Waals surface area contributed by atoms with E-state index in [0.717, 1.165) is 12.1 Å². The molecule has 0 spiro atoms. The standard InChI is InChI=1S/C20H9ClF10N2O3S/c21-12-7-11(17(22,18(23,24)25)19(26,27)28)8-14(37(36)20(29,30)31)15(12)33(35)16(34)10-4-3-9-2-1-5-32-13(9)6-10/h1-8,35H. The van der Waals surface area contributed by atoms with Gasteiger partial charge in [0.15, 0.2) is 10.8 Å². The zero-order valence-corrected chi connectivity index (χ0v) is 18.9. The van der Waals surface area contributed by atoms with Crippen LogP contribution in [0.25, 0.3) is 10.9 Å². The van der Waals surface area contributed by atoms with Gasteiger partial charge in [-0.1, -0.05) is 23.7 Å². The lowest BCUT2D eigenvalue weighted by molar-refractivity contribution is -0.348. The van der Waals surface area contributed by atoms with E-state index in [4.69, 9.17) is 11.6 Å². The van der Waals surface area contributed by atoms with Gasteiger partial charge in [0.25, 0.3) is 5.91 Å². The van der Waals surface area contributed by atoms with Gasteiger partial charge in [-0.15, -0.1) is 0 Å². The van der Waals surface area contributed by atoms with Crippen LogP contribution in [0, 0.1) is 0 Å². The van der Waals surface area contributed by atoms with Crippen LogP contribution in [-0.2, 0) is 16.5 Å². The highest BCUT2D eigenvalue weighted by atomic mass is 35.5. The van der Waals surface area contributed by atoms with Gasteiger partial charge in [0.05, 0.1) is 15.4 Å². The number of pyridine rings is 1. The monoisotopic (exact) mass is 582 g/mol. The molecule has 0 saturated heterocycles. The highest BCUT2D eigenvalue weighted by Crippen LogP contribution is 2.55. The lowest BCUT2D eigenvalue weighted by Gasteiger charge is -2.31. The van der Waals surface area contributed by atoms with Gasteiger partial charge in [0.2, 0.25) is 0 Å². The van der Waals surface area contributed by atoms with Crippen LogP contribution >= 0.6 is 11.6 Å². The summed E-state index contributed by atoms with van der Waals surface area (Å²) < 4.78 is 145. The summed E-state index contributed by atoms with van der Waals surface area (Å²) in [4.78, 5) is 14.6. The molecule has 1 atom stereocenters. The molecule has 1 heterocycles. The molecule has 0 aliphatic heterocycles. The largest absolute Gasteiger partial charge is 0.475 e. The molecule has 1 amide bonds. The Hall–Kier alpha value is -2.98. The van der Waals surface area contributed by atoms with Gasteiger partial charge in [-0.25, -0.2) is 8.60 Å². The summed E-state index contributed by atoms with van der Waals surface area (Å²) >= 11 is 5.59. The van der Waals surface area contributed by atoms with Crippen molar-refractivity contribution in [3.8, 4) is 0 Å². The fourth-order valence-corrected chi connectivity index (χ4v) is 4.37. The summed E-state index contributed by atoms with van der Waals surface area (Å²) in [6.45, 7) is 0. The van der Waals surface area contributed by atoms with Crippen LogP contribution in [0.15, 0.2) is 53.6 Å². The van der Waals surface area contributed by atoms with Crippen molar-refractivity contribution in [3.05, 3.63) is 64.8 Å². The lowest BCUT2D eigenvalue weighted by atomic mass is 9.94. The fraction of sp³-hybridized carbons (Fsp3) is 0.200. The number of rotatable bonds is 4. The molecular formula is C20H9ClF10N2O3S. The number of alkyl halides is 10. The second kappa shape index (κ2) is 9.40. The van der Waals surface area contributed by atoms with Gasteiger partial charge in [0.1, 0.15) is 5.69 Å². The molecule has 3 rings (SSSR count). The van der Waals surface area contributed by atoms with Crippen LogP contribution in [0.5, 0.6) is 0 Å². The Balaban J connectivity index is 2.26. The van der Waals surface area contributed by atoms with Crippen molar-refractivity contribution in [1.82, 2.24) is 4.98 Å². The Morgan fingerprint density at radius 3 is 2.05 bits per heavy atom. The average molecular weight is 583 g/mol. The number of anilines is 1. The van der Waals surface area contributed by atoms with Crippen LogP contribution < -0.4 is 5.06 Å². The number of amides is 1. The van der Waals surface area contributed by atoms with E-state index in [9.17, 15) is 58.1 Å². The van der Waals surface area contributed by atoms with Crippen molar-refractivity contribution in [1.29, 1.82) is 0 Å². The fourth-order valence-electron chi connectivity index (χ4n) is 3.16. The Morgan fingerprint density at radius 1 is 0.919 bits per heavy atom. The smallest absolute Gasteiger partial charge is 0.281 e. The highest BCUT2D eigenvalue weighted by molar-refractivity contribution is 7.86. The summed E-state index contributed by atoms with van der Waals surface area (Å²) in [7, 11) is -4.49. The number of carbonyl (C=O) groups is 1. The van der Waals surface area contributed by atoms with Crippen molar-refractivity contribution in [3.63, 3.8) is 0 Å². The molecule has 1 N–H and O–H groups in total. The first kappa shape index (κ1) is 28.6. The Bertz CT molecular complexity index is 1380. The number of hydrogen-bond donors (Lipinski definition) is 1. The molecule has 5 nitrogen and oxygen atoms in total. The number of carbonyl (C=O) groups excluding carboxylic acids is 1. The predicted octanol–water partition coefficient (Wildman–Crippen LogP) is 6.84. The molecular weight excluding hydrogens is 574 g/mol. The second-order valence-electron chi connectivity index (χ2n) is 7.20. The summed E-state index contributed by atoms with van der Waals surface area (Å²) in [5, 5.41) is 8.59. The quantitative estimate of drug-likeness (QED) is 0.208. The van der Waals surface area contributed by atoms with Gasteiger partial charge in [-0.2, -0.15) is 44.6 Å². The summed E-state index contributed by atoms with van der Waals surface area (Å²) in [6, 6.07) is 5.42. The topological polar surface area (TPSA) is 70.5 Å². The molecule has 0 aliphatic rings. The van der Waals surface area contributed by atoms with Gasteiger partial charge in [0, 0.05) is 22.7 Å². The van der Waals surface area contributed by atoms with E-state index in [-0.39, 0.29) is 11.6 Å². The normalized spacial score (nSPS) is 14.1. The molecule has 200 valence electrons. The first-order valence-electron chi connectivity index (χ1n) is 9.33. The molecule has 0 saturated carbocycles. The van der Waals surface area contributed by atoms with Crippen LogP contribution in [-0.4, -0.2) is 38.2 Å². The van der Waals surface area contributed by atoms with Gasteiger partial charge < -0.3 is 0 Å². The zero-order chi connectivity index (χ0) is 28.1. The molecule has 0 bridgehead atoms. The minimum absolute atomic E-state index is 0.153. The van der Waals surface area contributed by atoms with Crippen molar-refractivity contribution < 1.29 is 58.1 Å². The predicted molar refractivity (Wildman–Crippen MR) is 109 cm³/mol. The number of nitrogens with zero attached hydrogens (tertiary/aromatic N) is 2. The van der Waals surface area contributed by atoms with E-state index in [1.54, 1.807) is 6.07 Å². The van der Waals surface area contributed by atoms with E-state index in [1.165, 1.54) is 18.3 Å². The van der Waals surface area contributed by atoms with E-state index < -0.39 is 78.1 Å². The number of benzene rings is 2. The van der Waals surface area contributed by atoms with E-state index in [1.807, 2.05) is 0 Å². The third-order valence-corrected chi connectivity index (χ3v) is 6.29. The molecule has 1 unspecified atom stereocenters. The van der Waals surface area contributed by atoms with Crippen LogP contribution in [0.4, 0.5) is 49.6 Å². The van der Waals surface area contributed by atoms with Crippen molar-refractivity contribution in [2.45, 2.75) is 28.4 Å². The summed E-state index contributed by atoms with van der Waals surface area (Å²) in [6.07, 6.45) is -12.2. The van der Waals surface area contributed by atoms with Gasteiger partial charge in [-0.05, 0) is 30.3 Å². The molecule has 2 aromatic carbocycles. The maximum Gasteiger partial charge on any atom is 0.475 e. The second-order valence-corrected chi connectivity index (χ2v) is 9.05. The van der Waals surface area contributed by atoms with Crippen LogP contribution in [0.1, 0.15) is 15.9 Å². The van der Waals surface area contributed by atoms with E-state index >= 15 is 0 Å². The van der Waals surface area contributed by atoms with Gasteiger partial charge in [-0.3, -0.25) is 15.0 Å². The molecule has 1 aromatic heterocycles. The van der Waals surface area contributed by atoms with Gasteiger partial charge >= 0.3 is 23.5 Å². The first-order chi connectivity index (χ1) is 16.8. The Kier molecular flexibility index (Phi) is 7.26. The average Bonchev–Trinajstić information content (AvgIpc) is 2.79. The Labute approximate surface area is 206 Å². The maximum absolute atomic E-state index is 14.5. The van der Waals surface area contributed by atoms with Crippen molar-refractivity contribution in [2.24, 2.45) is 0 Å². The molecule has 17 heteroatoms.